The van der Waals surface area contributed by atoms with E-state index in [2.05, 4.69) is 15.2 Å². The molecule has 1 aromatic heterocycles. The van der Waals surface area contributed by atoms with E-state index in [9.17, 15) is 4.79 Å². The Bertz CT molecular complexity index is 675. The van der Waals surface area contributed by atoms with Gasteiger partial charge in [-0.25, -0.2) is 4.98 Å². The molecule has 1 unspecified atom stereocenters. The van der Waals surface area contributed by atoms with Gasteiger partial charge in [0.05, 0.1) is 0 Å². The molecule has 2 aliphatic rings. The first-order valence-corrected chi connectivity index (χ1v) is 8.86. The molecular formula is C18H24N4O2. The van der Waals surface area contributed by atoms with Gasteiger partial charge >= 0.3 is 0 Å². The van der Waals surface area contributed by atoms with Gasteiger partial charge in [0.2, 0.25) is 5.91 Å². The van der Waals surface area contributed by atoms with E-state index in [-0.39, 0.29) is 5.91 Å². The van der Waals surface area contributed by atoms with Gasteiger partial charge in [-0.15, -0.1) is 0 Å². The zero-order valence-electron chi connectivity index (χ0n) is 13.9. The van der Waals surface area contributed by atoms with Crippen LogP contribution in [0.1, 0.15) is 18.7 Å². The molecule has 1 atom stereocenters. The number of hydrogen-bond donors (Lipinski definition) is 1. The number of nitrogens with one attached hydrogen (secondary N) is 1. The summed E-state index contributed by atoms with van der Waals surface area (Å²) in [4.78, 5) is 21.5. The maximum absolute atomic E-state index is 12.5. The number of oxazole rings is 1. The Labute approximate surface area is 141 Å². The number of rotatable bonds is 4. The summed E-state index contributed by atoms with van der Waals surface area (Å²) in [6, 6.07) is 8.25. The second-order valence-electron chi connectivity index (χ2n) is 6.64. The van der Waals surface area contributed by atoms with Crippen molar-refractivity contribution in [2.45, 2.75) is 25.3 Å². The summed E-state index contributed by atoms with van der Waals surface area (Å²) in [6.45, 7) is 6.04. The number of fused-ring (bicyclic) bond motifs is 1. The maximum atomic E-state index is 12.5. The monoisotopic (exact) mass is 328 g/mol. The molecule has 3 heterocycles. The van der Waals surface area contributed by atoms with E-state index >= 15 is 0 Å². The first-order valence-electron chi connectivity index (χ1n) is 8.86. The molecule has 2 saturated heterocycles. The number of hydrogen-bond acceptors (Lipinski definition) is 5. The summed E-state index contributed by atoms with van der Waals surface area (Å²) in [5, 5.41) is 3.38. The molecule has 1 aromatic carbocycles. The van der Waals surface area contributed by atoms with E-state index in [1.54, 1.807) is 0 Å². The van der Waals surface area contributed by atoms with E-state index in [0.717, 1.165) is 56.8 Å². The molecule has 0 spiro atoms. The number of likely N-dealkylation sites (tertiary alicyclic amines) is 1. The fraction of sp³-hybridized carbons (Fsp3) is 0.556. The van der Waals surface area contributed by atoms with E-state index in [4.69, 9.17) is 4.42 Å². The van der Waals surface area contributed by atoms with Gasteiger partial charge in [0.15, 0.2) is 11.5 Å². The number of piperazine rings is 1. The topological polar surface area (TPSA) is 61.6 Å². The lowest BCUT2D eigenvalue weighted by molar-refractivity contribution is -0.130. The van der Waals surface area contributed by atoms with Gasteiger partial charge in [0, 0.05) is 58.2 Å². The third-order valence-corrected chi connectivity index (χ3v) is 5.07. The number of amides is 1. The Balaban J connectivity index is 1.30. The molecule has 2 fully saturated rings. The quantitative estimate of drug-likeness (QED) is 0.916. The summed E-state index contributed by atoms with van der Waals surface area (Å²) in [7, 11) is 0. The number of carbonyl (C=O) groups is 1. The van der Waals surface area contributed by atoms with E-state index in [1.165, 1.54) is 0 Å². The van der Waals surface area contributed by atoms with Crippen LogP contribution < -0.4 is 5.32 Å². The summed E-state index contributed by atoms with van der Waals surface area (Å²) in [5.74, 6) is 0.872. The molecule has 24 heavy (non-hydrogen) atoms. The van der Waals surface area contributed by atoms with Crippen molar-refractivity contribution in [2.75, 3.05) is 39.3 Å². The van der Waals surface area contributed by atoms with Crippen molar-refractivity contribution < 1.29 is 9.21 Å². The highest BCUT2D eigenvalue weighted by atomic mass is 16.3. The van der Waals surface area contributed by atoms with Gasteiger partial charge in [-0.2, -0.15) is 0 Å². The van der Waals surface area contributed by atoms with Crippen molar-refractivity contribution in [2.24, 2.45) is 0 Å². The van der Waals surface area contributed by atoms with Gasteiger partial charge in [0.1, 0.15) is 5.52 Å². The SMILES string of the molecule is O=C(CCc1nc2ccccc2o1)N1CCC(N2CCNCC2)C1. The fourth-order valence-corrected chi connectivity index (χ4v) is 3.71. The van der Waals surface area contributed by atoms with Crippen LogP contribution in [0.3, 0.4) is 0 Å². The normalized spacial score (nSPS) is 22.3. The fourth-order valence-electron chi connectivity index (χ4n) is 3.71. The van der Waals surface area contributed by atoms with Crippen LogP contribution in [-0.4, -0.2) is 66.0 Å². The predicted molar refractivity (Wildman–Crippen MR) is 91.8 cm³/mol. The van der Waals surface area contributed by atoms with E-state index in [0.29, 0.717) is 24.8 Å². The molecule has 0 saturated carbocycles. The zero-order chi connectivity index (χ0) is 16.4. The molecule has 2 aliphatic heterocycles. The Morgan fingerprint density at radius 1 is 1.25 bits per heavy atom. The Kier molecular flexibility index (Phi) is 4.49. The molecule has 128 valence electrons. The van der Waals surface area contributed by atoms with Gasteiger partial charge in [-0.1, -0.05) is 12.1 Å². The van der Waals surface area contributed by atoms with Gasteiger partial charge < -0.3 is 14.6 Å². The molecule has 0 bridgehead atoms. The van der Waals surface area contributed by atoms with Crippen LogP contribution in [0.4, 0.5) is 0 Å². The van der Waals surface area contributed by atoms with Gasteiger partial charge in [-0.05, 0) is 18.6 Å². The lowest BCUT2D eigenvalue weighted by Gasteiger charge is -2.32. The first-order chi connectivity index (χ1) is 11.8. The van der Waals surface area contributed by atoms with Crippen molar-refractivity contribution in [1.29, 1.82) is 0 Å². The third kappa shape index (κ3) is 3.30. The van der Waals surface area contributed by atoms with E-state index in [1.807, 2.05) is 29.2 Å². The highest BCUT2D eigenvalue weighted by Crippen LogP contribution is 2.19. The minimum atomic E-state index is 0.217. The molecule has 1 N–H and O–H groups in total. The number of para-hydroxylation sites is 2. The van der Waals surface area contributed by atoms with Gasteiger partial charge in [-0.3, -0.25) is 9.69 Å². The summed E-state index contributed by atoms with van der Waals surface area (Å²) in [5.41, 5.74) is 1.65. The Morgan fingerprint density at radius 3 is 2.92 bits per heavy atom. The third-order valence-electron chi connectivity index (χ3n) is 5.07. The van der Waals surface area contributed by atoms with Crippen LogP contribution in [0.15, 0.2) is 28.7 Å². The molecule has 4 rings (SSSR count). The van der Waals surface area contributed by atoms with Crippen molar-refractivity contribution in [1.82, 2.24) is 20.1 Å². The summed E-state index contributed by atoms with van der Waals surface area (Å²) >= 11 is 0. The molecule has 6 heteroatoms. The predicted octanol–water partition coefficient (Wildman–Crippen LogP) is 1.27. The first kappa shape index (κ1) is 15.6. The molecule has 2 aromatic rings. The standard InChI is InChI=1S/C18H24N4O2/c23-18(6-5-17-20-15-3-1-2-4-16(15)24-17)22-10-7-14(13-22)21-11-8-19-9-12-21/h1-4,14,19H,5-13H2. The smallest absolute Gasteiger partial charge is 0.223 e. The van der Waals surface area contributed by atoms with Crippen molar-refractivity contribution in [3.8, 4) is 0 Å². The largest absolute Gasteiger partial charge is 0.441 e. The van der Waals surface area contributed by atoms with Crippen molar-refractivity contribution in [3.63, 3.8) is 0 Å². The average molecular weight is 328 g/mol. The van der Waals surface area contributed by atoms with Crippen LogP contribution in [0.5, 0.6) is 0 Å². The lowest BCUT2D eigenvalue weighted by atomic mass is 10.2. The second-order valence-corrected chi connectivity index (χ2v) is 6.64. The minimum absolute atomic E-state index is 0.217. The molecule has 1 amide bonds. The lowest BCUT2D eigenvalue weighted by Crippen LogP contribution is -2.49. The molecule has 6 nitrogen and oxygen atoms in total. The molecule has 0 aliphatic carbocycles. The average Bonchev–Trinajstić information content (AvgIpc) is 3.27. The van der Waals surface area contributed by atoms with Gasteiger partial charge in [0.25, 0.3) is 0 Å². The maximum Gasteiger partial charge on any atom is 0.223 e. The number of aromatic nitrogens is 1. The van der Waals surface area contributed by atoms with Crippen LogP contribution in [0.2, 0.25) is 0 Å². The van der Waals surface area contributed by atoms with Crippen LogP contribution in [0, 0.1) is 0 Å². The summed E-state index contributed by atoms with van der Waals surface area (Å²) < 4.78 is 5.70. The van der Waals surface area contributed by atoms with Crippen LogP contribution in [0.25, 0.3) is 11.1 Å². The Morgan fingerprint density at radius 2 is 2.08 bits per heavy atom. The molecular weight excluding hydrogens is 304 g/mol. The van der Waals surface area contributed by atoms with Crippen molar-refractivity contribution in [3.05, 3.63) is 30.2 Å². The highest BCUT2D eigenvalue weighted by Gasteiger charge is 2.30. The van der Waals surface area contributed by atoms with Crippen molar-refractivity contribution >= 4 is 17.0 Å². The zero-order valence-corrected chi connectivity index (χ0v) is 13.9. The number of benzene rings is 1. The Hall–Kier alpha value is -1.92. The summed E-state index contributed by atoms with van der Waals surface area (Å²) in [6.07, 6.45) is 2.14. The highest BCUT2D eigenvalue weighted by molar-refractivity contribution is 5.77. The second kappa shape index (κ2) is 6.91. The number of aryl methyl sites for hydroxylation is 1. The molecule has 0 radical (unpaired) electrons. The number of carbonyl (C=O) groups excluding carboxylic acids is 1. The minimum Gasteiger partial charge on any atom is -0.441 e. The van der Waals surface area contributed by atoms with Crippen LogP contribution in [-0.2, 0) is 11.2 Å². The number of nitrogens with zero attached hydrogens (tertiary/aromatic N) is 3. The van der Waals surface area contributed by atoms with Crippen LogP contribution >= 0.6 is 0 Å². The van der Waals surface area contributed by atoms with E-state index < -0.39 is 0 Å².